The Hall–Kier alpha value is -0.0894. The molecule has 0 saturated heterocycles. The first-order chi connectivity index (χ1) is 20.2. The van der Waals surface area contributed by atoms with Gasteiger partial charge in [0.2, 0.25) is 0 Å². The summed E-state index contributed by atoms with van der Waals surface area (Å²) in [6.07, 6.45) is 10.8. The number of hydrogen-bond acceptors (Lipinski definition) is 4. The molecule has 3 heterocycles. The van der Waals surface area contributed by atoms with E-state index in [2.05, 4.69) is 120 Å². The number of hydrogen-bond donors (Lipinski definition) is 0. The van der Waals surface area contributed by atoms with Crippen molar-refractivity contribution in [3.8, 4) is 9.75 Å². The van der Waals surface area contributed by atoms with Gasteiger partial charge in [-0.1, -0.05) is 148 Å². The SMILES string of the molecule is CCCCCC[Si]1(CCCCCC)c2nc([Si](C(C)C)(C(C)C)C(C)C)sc2-c2sc([Si](C(C)C)(C(C)C)C(C)C)nc21. The smallest absolute Gasteiger partial charge is 0.168 e. The highest BCUT2D eigenvalue weighted by molar-refractivity contribution is 7.38. The van der Waals surface area contributed by atoms with Crippen molar-refractivity contribution in [3.63, 3.8) is 0 Å². The van der Waals surface area contributed by atoms with Crippen LogP contribution < -0.4 is 19.9 Å². The molecule has 1 aliphatic rings. The van der Waals surface area contributed by atoms with E-state index >= 15 is 0 Å². The molecule has 0 amide bonds. The zero-order valence-electron chi connectivity index (χ0n) is 30.7. The molecule has 7 heteroatoms. The van der Waals surface area contributed by atoms with Crippen LogP contribution in [0.3, 0.4) is 0 Å². The summed E-state index contributed by atoms with van der Waals surface area (Å²) in [6.45, 7) is 34.9. The van der Waals surface area contributed by atoms with Crippen LogP contribution in [-0.2, 0) is 0 Å². The fourth-order valence-corrected chi connectivity index (χ4v) is 36.2. The molecule has 246 valence electrons. The Balaban J connectivity index is 2.37. The molecule has 0 bridgehead atoms. The normalized spacial score (nSPS) is 15.3. The Kier molecular flexibility index (Phi) is 13.2. The van der Waals surface area contributed by atoms with Gasteiger partial charge >= 0.3 is 0 Å². The third kappa shape index (κ3) is 6.43. The summed E-state index contributed by atoms with van der Waals surface area (Å²) in [6, 6.07) is 2.73. The molecule has 2 aromatic heterocycles. The number of nitrogens with zero attached hydrogens (tertiary/aromatic N) is 2. The Morgan fingerprint density at radius 3 is 1.05 bits per heavy atom. The summed E-state index contributed by atoms with van der Waals surface area (Å²) in [5, 5.41) is 3.20. The van der Waals surface area contributed by atoms with Gasteiger partial charge in [-0.15, -0.1) is 22.7 Å². The van der Waals surface area contributed by atoms with Crippen molar-refractivity contribution >= 4 is 66.8 Å². The average Bonchev–Trinajstić information content (AvgIpc) is 3.58. The summed E-state index contributed by atoms with van der Waals surface area (Å²) in [5.41, 5.74) is 4.19. The Morgan fingerprint density at radius 1 is 0.488 bits per heavy atom. The van der Waals surface area contributed by atoms with Gasteiger partial charge in [-0.3, -0.25) is 9.97 Å². The second kappa shape index (κ2) is 15.2. The van der Waals surface area contributed by atoms with Crippen molar-refractivity contribution in [2.45, 2.75) is 194 Å². The first-order valence-electron chi connectivity index (χ1n) is 18.2. The van der Waals surface area contributed by atoms with Crippen LogP contribution in [0.2, 0.25) is 45.3 Å². The van der Waals surface area contributed by atoms with Crippen LogP contribution in [0.25, 0.3) is 9.75 Å². The Morgan fingerprint density at radius 2 is 0.791 bits per heavy atom. The predicted octanol–water partition coefficient (Wildman–Crippen LogP) is 11.1. The molecule has 0 saturated carbocycles. The van der Waals surface area contributed by atoms with Crippen LogP contribution in [0.15, 0.2) is 0 Å². The molecule has 43 heavy (non-hydrogen) atoms. The molecule has 3 rings (SSSR count). The quantitative estimate of drug-likeness (QED) is 0.116. The van der Waals surface area contributed by atoms with Gasteiger partial charge in [-0.25, -0.2) is 0 Å². The molecular formula is C36H68N2S2Si3. The molecule has 0 aromatic carbocycles. The molecule has 0 N–H and O–H groups in total. The molecular weight excluding hydrogens is 609 g/mol. The Bertz CT molecular complexity index is 1030. The highest BCUT2D eigenvalue weighted by atomic mass is 32.1. The summed E-state index contributed by atoms with van der Waals surface area (Å²) in [5.74, 6) is 0. The predicted molar refractivity (Wildman–Crippen MR) is 208 cm³/mol. The molecule has 0 radical (unpaired) electrons. The largest absolute Gasteiger partial charge is 0.255 e. The molecule has 0 atom stereocenters. The van der Waals surface area contributed by atoms with Crippen molar-refractivity contribution in [1.82, 2.24) is 9.97 Å². The molecule has 1 aliphatic heterocycles. The molecule has 0 unspecified atom stereocenters. The number of thiazole rings is 2. The lowest BCUT2D eigenvalue weighted by molar-refractivity contribution is 0.684. The second-order valence-electron chi connectivity index (χ2n) is 15.9. The maximum absolute atomic E-state index is 5.98. The van der Waals surface area contributed by atoms with Crippen LogP contribution in [-0.4, -0.2) is 34.2 Å². The second-order valence-corrected chi connectivity index (χ2v) is 34.3. The van der Waals surface area contributed by atoms with Crippen molar-refractivity contribution in [2.24, 2.45) is 0 Å². The standard InChI is InChI=1S/C36H68N2S2Si3/c1-15-17-19-21-23-41(24-22-20-18-16-2)33-31(39-35(37-33)42(25(3)4,26(5)6)27(7)8)32-34(41)38-36(40-32)43(28(9)10,29(11)12)30(13)14/h25-30H,15-24H2,1-14H3. The van der Waals surface area contributed by atoms with Crippen molar-refractivity contribution in [1.29, 1.82) is 0 Å². The molecule has 0 fully saturated rings. The van der Waals surface area contributed by atoms with Crippen LogP contribution >= 0.6 is 22.7 Å². The minimum atomic E-state index is -2.06. The van der Waals surface area contributed by atoms with Crippen LogP contribution in [0.4, 0.5) is 0 Å². The van der Waals surface area contributed by atoms with E-state index in [4.69, 9.17) is 9.97 Å². The van der Waals surface area contributed by atoms with Gasteiger partial charge in [-0.2, -0.15) is 0 Å². The van der Waals surface area contributed by atoms with Gasteiger partial charge in [0, 0.05) is 0 Å². The van der Waals surface area contributed by atoms with Gasteiger partial charge < -0.3 is 0 Å². The van der Waals surface area contributed by atoms with E-state index in [1.165, 1.54) is 63.5 Å². The lowest BCUT2D eigenvalue weighted by Crippen LogP contribution is -2.62. The van der Waals surface area contributed by atoms with E-state index in [0.29, 0.717) is 33.2 Å². The maximum atomic E-state index is 5.98. The third-order valence-corrected chi connectivity index (χ3v) is 34.9. The van der Waals surface area contributed by atoms with Crippen LogP contribution in [0.1, 0.15) is 148 Å². The fraction of sp³-hybridized carbons (Fsp3) is 0.833. The summed E-state index contributed by atoms with van der Waals surface area (Å²) in [4.78, 5) is 15.2. The summed E-state index contributed by atoms with van der Waals surface area (Å²) >= 11 is 4.33. The zero-order valence-corrected chi connectivity index (χ0v) is 35.4. The van der Waals surface area contributed by atoms with E-state index in [1.54, 1.807) is 29.7 Å². The first-order valence-corrected chi connectivity index (χ1v) is 26.8. The highest BCUT2D eigenvalue weighted by Crippen LogP contribution is 2.47. The average molecular weight is 677 g/mol. The Labute approximate surface area is 278 Å². The van der Waals surface area contributed by atoms with Gasteiger partial charge in [0.05, 0.1) is 29.7 Å². The minimum Gasteiger partial charge on any atom is -0.255 e. The number of aromatic nitrogens is 2. The topological polar surface area (TPSA) is 25.8 Å². The maximum Gasteiger partial charge on any atom is 0.168 e. The molecule has 0 spiro atoms. The lowest BCUT2D eigenvalue weighted by atomic mass is 10.2. The van der Waals surface area contributed by atoms with Crippen molar-refractivity contribution < 1.29 is 0 Å². The summed E-state index contributed by atoms with van der Waals surface area (Å²) in [7, 11) is -5.71. The van der Waals surface area contributed by atoms with E-state index in [-0.39, 0.29) is 0 Å². The number of rotatable bonds is 18. The van der Waals surface area contributed by atoms with Crippen LogP contribution in [0.5, 0.6) is 0 Å². The van der Waals surface area contributed by atoms with Crippen molar-refractivity contribution in [2.75, 3.05) is 0 Å². The third-order valence-electron chi connectivity index (χ3n) is 11.8. The number of unbranched alkanes of at least 4 members (excludes halogenated alkanes) is 6. The van der Waals surface area contributed by atoms with Crippen molar-refractivity contribution in [3.05, 3.63) is 0 Å². The molecule has 2 nitrogen and oxygen atoms in total. The van der Waals surface area contributed by atoms with Gasteiger partial charge in [0.25, 0.3) is 0 Å². The monoisotopic (exact) mass is 676 g/mol. The summed E-state index contributed by atoms with van der Waals surface area (Å²) < 4.78 is 3.16. The molecule has 2 aromatic rings. The van der Waals surface area contributed by atoms with Gasteiger partial charge in [-0.05, 0) is 45.3 Å². The van der Waals surface area contributed by atoms with E-state index in [9.17, 15) is 0 Å². The number of fused-ring (bicyclic) bond motifs is 3. The van der Waals surface area contributed by atoms with Gasteiger partial charge in [0.1, 0.15) is 16.1 Å². The highest BCUT2D eigenvalue weighted by Gasteiger charge is 2.56. The zero-order chi connectivity index (χ0) is 32.3. The van der Waals surface area contributed by atoms with E-state index in [0.717, 1.165) is 0 Å². The van der Waals surface area contributed by atoms with E-state index in [1.807, 2.05) is 0 Å². The molecule has 0 aliphatic carbocycles. The van der Waals surface area contributed by atoms with Crippen LogP contribution in [0, 0.1) is 0 Å². The minimum absolute atomic E-state index is 0.698. The van der Waals surface area contributed by atoms with E-state index < -0.39 is 24.2 Å². The van der Waals surface area contributed by atoms with Gasteiger partial charge in [0.15, 0.2) is 8.07 Å². The first kappa shape index (κ1) is 37.4. The lowest BCUT2D eigenvalue weighted by Gasteiger charge is -2.41. The fourth-order valence-electron chi connectivity index (χ4n) is 9.87.